The Bertz CT molecular complexity index is 1260. The fourth-order valence-electron chi connectivity index (χ4n) is 3.16. The molecule has 0 aliphatic carbocycles. The Morgan fingerprint density at radius 2 is 1.90 bits per heavy atom. The summed E-state index contributed by atoms with van der Waals surface area (Å²) in [5.74, 6) is -0.980. The average Bonchev–Trinajstić information content (AvgIpc) is 2.99. The molecular formula is C21H24ClN3O5S. The van der Waals surface area contributed by atoms with Gasteiger partial charge in [-0.25, -0.2) is 13.2 Å². The molecule has 2 aromatic carbocycles. The molecule has 3 rings (SSSR count). The number of benzene rings is 2. The number of aryl methyl sites for hydroxylation is 1. The zero-order chi connectivity index (χ0) is 22.8. The summed E-state index contributed by atoms with van der Waals surface area (Å²) in [6.45, 7) is 3.97. The maximum absolute atomic E-state index is 13.0. The van der Waals surface area contributed by atoms with Crippen LogP contribution in [0.25, 0.3) is 11.1 Å². The number of amides is 1. The summed E-state index contributed by atoms with van der Waals surface area (Å²) < 4.78 is 34.7. The molecule has 10 heteroatoms. The van der Waals surface area contributed by atoms with Crippen LogP contribution in [0.15, 0.2) is 56.6 Å². The minimum atomic E-state index is -4.04. The fraction of sp³-hybridized carbons (Fsp3) is 0.333. The Hall–Kier alpha value is -2.62. The average molecular weight is 466 g/mol. The molecule has 1 heterocycles. The standard InChI is InChI=1S/C21H24ClN3O5S/c1-13(2)10-17(20(26)23-12-14-6-4-5-7-16(14)22)24-31(28,29)15-8-9-18-19(11-15)30-21(27)25(18)3/h4-9,11,13,17,24H,10,12H2,1-3H3,(H,23,26)/t17-/m1/s1. The quantitative estimate of drug-likeness (QED) is 0.531. The van der Waals surface area contributed by atoms with Gasteiger partial charge in [-0.2, -0.15) is 4.72 Å². The van der Waals surface area contributed by atoms with E-state index in [1.54, 1.807) is 24.3 Å². The molecule has 0 aliphatic rings. The van der Waals surface area contributed by atoms with Crippen molar-refractivity contribution in [3.8, 4) is 0 Å². The molecule has 2 N–H and O–H groups in total. The molecule has 0 radical (unpaired) electrons. The summed E-state index contributed by atoms with van der Waals surface area (Å²) in [4.78, 5) is 24.4. The first kappa shape index (κ1) is 23.1. The third-order valence-electron chi connectivity index (χ3n) is 4.81. The number of nitrogens with one attached hydrogen (secondary N) is 2. The predicted molar refractivity (Wildman–Crippen MR) is 118 cm³/mol. The number of sulfonamides is 1. The monoisotopic (exact) mass is 465 g/mol. The van der Waals surface area contributed by atoms with Gasteiger partial charge in [0.05, 0.1) is 10.4 Å². The smallest absolute Gasteiger partial charge is 0.408 e. The lowest BCUT2D eigenvalue weighted by Gasteiger charge is -2.20. The van der Waals surface area contributed by atoms with E-state index in [2.05, 4.69) is 10.0 Å². The highest BCUT2D eigenvalue weighted by molar-refractivity contribution is 7.89. The first-order valence-corrected chi connectivity index (χ1v) is 11.6. The van der Waals surface area contributed by atoms with Gasteiger partial charge in [0, 0.05) is 24.7 Å². The van der Waals surface area contributed by atoms with E-state index >= 15 is 0 Å². The van der Waals surface area contributed by atoms with Crippen LogP contribution in [0, 0.1) is 5.92 Å². The molecular weight excluding hydrogens is 442 g/mol. The van der Waals surface area contributed by atoms with Gasteiger partial charge in [-0.05, 0) is 36.1 Å². The van der Waals surface area contributed by atoms with Gasteiger partial charge in [0.15, 0.2) is 5.58 Å². The van der Waals surface area contributed by atoms with Gasteiger partial charge in [-0.15, -0.1) is 0 Å². The van der Waals surface area contributed by atoms with Crippen molar-refractivity contribution < 1.29 is 17.6 Å². The fourth-order valence-corrected chi connectivity index (χ4v) is 4.59. The van der Waals surface area contributed by atoms with Crippen molar-refractivity contribution in [1.82, 2.24) is 14.6 Å². The Labute approximate surface area is 185 Å². The summed E-state index contributed by atoms with van der Waals surface area (Å²) in [7, 11) is -2.51. The second-order valence-corrected chi connectivity index (χ2v) is 9.79. The Morgan fingerprint density at radius 1 is 1.19 bits per heavy atom. The molecule has 1 atom stereocenters. The summed E-state index contributed by atoms with van der Waals surface area (Å²) in [5.41, 5.74) is 1.35. The molecule has 31 heavy (non-hydrogen) atoms. The van der Waals surface area contributed by atoms with Gasteiger partial charge < -0.3 is 9.73 Å². The lowest BCUT2D eigenvalue weighted by atomic mass is 10.0. The molecule has 166 valence electrons. The largest absolute Gasteiger partial charge is 0.419 e. The number of halogens is 1. The SMILES string of the molecule is CC(C)C[C@@H](NS(=O)(=O)c1ccc2c(c1)oc(=O)n2C)C(=O)NCc1ccccc1Cl. The van der Waals surface area contributed by atoms with Crippen molar-refractivity contribution in [3.63, 3.8) is 0 Å². The van der Waals surface area contributed by atoms with Crippen LogP contribution in [0.1, 0.15) is 25.8 Å². The lowest BCUT2D eigenvalue weighted by molar-refractivity contribution is -0.123. The zero-order valence-corrected chi connectivity index (χ0v) is 19.0. The number of aromatic nitrogens is 1. The van der Waals surface area contributed by atoms with Gasteiger partial charge >= 0.3 is 5.76 Å². The van der Waals surface area contributed by atoms with Crippen LogP contribution >= 0.6 is 11.6 Å². The van der Waals surface area contributed by atoms with Crippen LogP contribution in [0.4, 0.5) is 0 Å². The second-order valence-electron chi connectivity index (χ2n) is 7.67. The van der Waals surface area contributed by atoms with E-state index in [4.69, 9.17) is 16.0 Å². The first-order chi connectivity index (χ1) is 14.6. The molecule has 0 saturated carbocycles. The van der Waals surface area contributed by atoms with Gasteiger partial charge in [0.2, 0.25) is 15.9 Å². The molecule has 0 aliphatic heterocycles. The van der Waals surface area contributed by atoms with E-state index < -0.39 is 27.7 Å². The van der Waals surface area contributed by atoms with Gasteiger partial charge in [-0.1, -0.05) is 43.6 Å². The number of fused-ring (bicyclic) bond motifs is 1. The summed E-state index contributed by atoms with van der Waals surface area (Å²) >= 11 is 6.12. The van der Waals surface area contributed by atoms with Crippen molar-refractivity contribution in [2.45, 2.75) is 37.8 Å². The normalized spacial score (nSPS) is 12.9. The van der Waals surface area contributed by atoms with Crippen LogP contribution in [0.3, 0.4) is 0 Å². The number of carbonyl (C=O) groups excluding carboxylic acids is 1. The number of hydrogen-bond acceptors (Lipinski definition) is 5. The zero-order valence-electron chi connectivity index (χ0n) is 17.4. The molecule has 1 aromatic heterocycles. The molecule has 1 amide bonds. The Balaban J connectivity index is 1.81. The Morgan fingerprint density at radius 3 is 2.58 bits per heavy atom. The van der Waals surface area contributed by atoms with E-state index in [0.717, 1.165) is 5.56 Å². The van der Waals surface area contributed by atoms with Crippen LogP contribution < -0.4 is 15.8 Å². The highest BCUT2D eigenvalue weighted by Gasteiger charge is 2.27. The minimum Gasteiger partial charge on any atom is -0.408 e. The minimum absolute atomic E-state index is 0.0633. The number of hydrogen-bond donors (Lipinski definition) is 2. The van der Waals surface area contributed by atoms with Crippen molar-refractivity contribution in [3.05, 3.63) is 63.6 Å². The van der Waals surface area contributed by atoms with E-state index in [1.807, 2.05) is 13.8 Å². The van der Waals surface area contributed by atoms with Crippen molar-refractivity contribution >= 4 is 38.6 Å². The number of nitrogens with zero attached hydrogens (tertiary/aromatic N) is 1. The van der Waals surface area contributed by atoms with Gasteiger partial charge in [0.25, 0.3) is 0 Å². The maximum Gasteiger partial charge on any atom is 0.419 e. The molecule has 0 unspecified atom stereocenters. The predicted octanol–water partition coefficient (Wildman–Crippen LogP) is 2.79. The van der Waals surface area contributed by atoms with E-state index in [0.29, 0.717) is 17.0 Å². The third-order valence-corrected chi connectivity index (χ3v) is 6.64. The van der Waals surface area contributed by atoms with Gasteiger partial charge in [0.1, 0.15) is 6.04 Å². The molecule has 3 aromatic rings. The topological polar surface area (TPSA) is 110 Å². The summed E-state index contributed by atoms with van der Waals surface area (Å²) in [6.07, 6.45) is 0.302. The van der Waals surface area contributed by atoms with E-state index in [1.165, 1.54) is 29.8 Å². The molecule has 0 fully saturated rings. The molecule has 0 bridgehead atoms. The number of oxazole rings is 1. The van der Waals surface area contributed by atoms with Crippen molar-refractivity contribution in [1.29, 1.82) is 0 Å². The van der Waals surface area contributed by atoms with E-state index in [-0.39, 0.29) is 22.9 Å². The number of carbonyl (C=O) groups is 1. The van der Waals surface area contributed by atoms with Crippen molar-refractivity contribution in [2.75, 3.05) is 0 Å². The van der Waals surface area contributed by atoms with Gasteiger partial charge in [-0.3, -0.25) is 9.36 Å². The van der Waals surface area contributed by atoms with Crippen LogP contribution in [0.5, 0.6) is 0 Å². The first-order valence-electron chi connectivity index (χ1n) is 9.71. The molecule has 0 saturated heterocycles. The van der Waals surface area contributed by atoms with Crippen LogP contribution in [0.2, 0.25) is 5.02 Å². The highest BCUT2D eigenvalue weighted by Crippen LogP contribution is 2.19. The van der Waals surface area contributed by atoms with Crippen LogP contribution in [-0.4, -0.2) is 24.9 Å². The lowest BCUT2D eigenvalue weighted by Crippen LogP contribution is -2.47. The number of rotatable bonds is 8. The highest BCUT2D eigenvalue weighted by atomic mass is 35.5. The summed E-state index contributed by atoms with van der Waals surface area (Å²) in [5, 5.41) is 3.26. The molecule has 0 spiro atoms. The second kappa shape index (κ2) is 9.25. The maximum atomic E-state index is 13.0. The molecule has 8 nitrogen and oxygen atoms in total. The van der Waals surface area contributed by atoms with Crippen LogP contribution in [-0.2, 0) is 28.4 Å². The van der Waals surface area contributed by atoms with E-state index in [9.17, 15) is 18.0 Å². The third kappa shape index (κ3) is 5.36. The van der Waals surface area contributed by atoms with Crippen molar-refractivity contribution in [2.24, 2.45) is 13.0 Å². The Kier molecular flexibility index (Phi) is 6.88. The summed E-state index contributed by atoms with van der Waals surface area (Å²) in [6, 6.07) is 10.2.